The fraction of sp³-hybridized carbons (Fsp3) is 0.545. The molecular weight excluding hydrogens is 416 g/mol. The molecule has 2 heterocycles. The Morgan fingerprint density at radius 2 is 1.87 bits per heavy atom. The lowest BCUT2D eigenvalue weighted by Gasteiger charge is -2.33. The lowest BCUT2D eigenvalue weighted by atomic mass is 9.83. The van der Waals surface area contributed by atoms with Gasteiger partial charge in [-0.3, -0.25) is 0 Å². The molecule has 1 aliphatic carbocycles. The van der Waals surface area contributed by atoms with Crippen LogP contribution < -0.4 is 9.62 Å². The summed E-state index contributed by atoms with van der Waals surface area (Å²) in [6.45, 7) is 1.02. The molecule has 168 valence electrons. The molecule has 0 unspecified atom stereocenters. The maximum absolute atomic E-state index is 11.9. The fourth-order valence-corrected chi connectivity index (χ4v) is 5.60. The molecule has 1 aliphatic heterocycles. The number of rotatable bonds is 7. The van der Waals surface area contributed by atoms with Gasteiger partial charge in [-0.2, -0.15) is 0 Å². The first-order chi connectivity index (χ1) is 14.9. The number of ether oxygens (including phenoxy) is 1. The summed E-state index contributed by atoms with van der Waals surface area (Å²) in [6.07, 6.45) is 7.46. The third-order valence-corrected chi connectivity index (χ3v) is 7.02. The highest BCUT2D eigenvalue weighted by Gasteiger charge is 2.37. The Balaban J connectivity index is 1.39. The van der Waals surface area contributed by atoms with Crippen LogP contribution in [0.3, 0.4) is 0 Å². The Bertz CT molecular complexity index is 964. The molecule has 1 aromatic heterocycles. The van der Waals surface area contributed by atoms with Gasteiger partial charge in [-0.25, -0.2) is 23.1 Å². The number of anilines is 1. The highest BCUT2D eigenvalue weighted by molar-refractivity contribution is 7.88. The van der Waals surface area contributed by atoms with Crippen LogP contribution in [0.25, 0.3) is 0 Å². The summed E-state index contributed by atoms with van der Waals surface area (Å²) in [6, 6.07) is 11.6. The van der Waals surface area contributed by atoms with Crippen molar-refractivity contribution in [1.29, 1.82) is 0 Å². The summed E-state index contributed by atoms with van der Waals surface area (Å²) in [5, 5.41) is 9.74. The first-order valence-electron chi connectivity index (χ1n) is 10.8. The van der Waals surface area contributed by atoms with Crippen molar-refractivity contribution >= 4 is 15.8 Å². The van der Waals surface area contributed by atoms with Crippen molar-refractivity contribution in [3.05, 3.63) is 48.3 Å². The van der Waals surface area contributed by atoms with Gasteiger partial charge in [0.2, 0.25) is 15.9 Å². The second kappa shape index (κ2) is 9.50. The zero-order valence-corrected chi connectivity index (χ0v) is 18.5. The predicted octanol–water partition coefficient (Wildman–Crippen LogP) is 2.42. The molecule has 0 radical (unpaired) electrons. The molecule has 1 saturated heterocycles. The molecule has 2 N–H and O–H groups in total. The number of hydrogen-bond donors (Lipinski definition) is 2. The zero-order valence-electron chi connectivity index (χ0n) is 17.7. The molecule has 2 atom stereocenters. The summed E-state index contributed by atoms with van der Waals surface area (Å²) in [7, 11) is -3.35. The lowest BCUT2D eigenvalue weighted by molar-refractivity contribution is 0.0156. The largest absolute Gasteiger partial charge is 0.493 e. The molecule has 1 aromatic carbocycles. The van der Waals surface area contributed by atoms with Gasteiger partial charge in [-0.15, -0.1) is 0 Å². The van der Waals surface area contributed by atoms with Gasteiger partial charge < -0.3 is 14.7 Å². The summed E-state index contributed by atoms with van der Waals surface area (Å²) in [4.78, 5) is 10.0. The van der Waals surface area contributed by atoms with Gasteiger partial charge >= 0.3 is 0 Å². The van der Waals surface area contributed by atoms with E-state index in [-0.39, 0.29) is 24.1 Å². The van der Waals surface area contributed by atoms with Gasteiger partial charge in [0, 0.05) is 18.7 Å². The third-order valence-electron chi connectivity index (χ3n) is 6.29. The first kappa shape index (κ1) is 22.0. The number of hydrogen-bond acceptors (Lipinski definition) is 7. The number of nitrogens with zero attached hydrogens (tertiary/aromatic N) is 3. The Morgan fingerprint density at radius 3 is 2.55 bits per heavy atom. The van der Waals surface area contributed by atoms with Crippen molar-refractivity contribution < 1.29 is 18.3 Å². The van der Waals surface area contributed by atoms with E-state index in [1.165, 1.54) is 24.2 Å². The second-order valence-corrected chi connectivity index (χ2v) is 10.3. The molecule has 31 heavy (non-hydrogen) atoms. The van der Waals surface area contributed by atoms with E-state index in [0.717, 1.165) is 25.7 Å². The van der Waals surface area contributed by atoms with Gasteiger partial charge in [0.1, 0.15) is 12.1 Å². The Morgan fingerprint density at radius 1 is 1.13 bits per heavy atom. The molecule has 2 fully saturated rings. The average Bonchev–Trinajstić information content (AvgIpc) is 3.14. The van der Waals surface area contributed by atoms with E-state index in [2.05, 4.69) is 39.0 Å². The Hall–Kier alpha value is -2.23. The van der Waals surface area contributed by atoms with Gasteiger partial charge in [-0.05, 0) is 43.6 Å². The van der Waals surface area contributed by atoms with E-state index in [0.29, 0.717) is 31.3 Å². The third kappa shape index (κ3) is 5.72. The van der Waals surface area contributed by atoms with Crippen molar-refractivity contribution in [3.63, 3.8) is 0 Å². The van der Waals surface area contributed by atoms with E-state index in [4.69, 9.17) is 4.74 Å². The van der Waals surface area contributed by atoms with Crippen LogP contribution in [-0.2, 0) is 14.8 Å². The number of aromatic hydroxyl groups is 1. The topological polar surface area (TPSA) is 105 Å². The number of benzene rings is 1. The Labute approximate surface area is 183 Å². The minimum Gasteiger partial charge on any atom is -0.493 e. The van der Waals surface area contributed by atoms with Gasteiger partial charge in [-0.1, -0.05) is 30.3 Å². The van der Waals surface area contributed by atoms with E-state index in [1.807, 2.05) is 11.0 Å². The summed E-state index contributed by atoms with van der Waals surface area (Å²) >= 11 is 0. The van der Waals surface area contributed by atoms with Gasteiger partial charge in [0.05, 0.1) is 25.0 Å². The van der Waals surface area contributed by atoms with Crippen LogP contribution in [0.15, 0.2) is 42.7 Å². The minimum atomic E-state index is -3.35. The van der Waals surface area contributed by atoms with Crippen LogP contribution in [0.1, 0.15) is 43.6 Å². The van der Waals surface area contributed by atoms with E-state index < -0.39 is 10.0 Å². The average molecular weight is 447 g/mol. The molecule has 0 spiro atoms. The lowest BCUT2D eigenvalue weighted by Crippen LogP contribution is -2.48. The molecule has 1 saturated carbocycles. The number of nitrogens with one attached hydrogen (secondary N) is 1. The highest BCUT2D eigenvalue weighted by atomic mass is 32.2. The van der Waals surface area contributed by atoms with Gasteiger partial charge in [0.25, 0.3) is 0 Å². The van der Waals surface area contributed by atoms with E-state index in [9.17, 15) is 13.5 Å². The summed E-state index contributed by atoms with van der Waals surface area (Å²) < 4.78 is 32.8. The molecular formula is C22H30N4O4S. The monoisotopic (exact) mass is 446 g/mol. The highest BCUT2D eigenvalue weighted by Crippen LogP contribution is 2.34. The zero-order chi connectivity index (χ0) is 21.8. The van der Waals surface area contributed by atoms with E-state index in [1.54, 1.807) is 0 Å². The van der Waals surface area contributed by atoms with Crippen LogP contribution in [0.2, 0.25) is 0 Å². The molecule has 2 aliphatic rings. The molecule has 9 heteroatoms. The van der Waals surface area contributed by atoms with Crippen LogP contribution >= 0.6 is 0 Å². The number of aromatic nitrogens is 2. The minimum absolute atomic E-state index is 0.108. The standard InChI is InChI=1S/C22H30N4O4S/c1-31(28,29)25-19-11-12-26(21-13-22(27)24-15-23-21)20(19)14-30-18-9-7-17(8-10-18)16-5-3-2-4-6-16/h2-6,13,15,17-20,25H,7-12,14H2,1H3,(H,23,24,27)/t17?,18?,19-,20-/m0/s1. The summed E-state index contributed by atoms with van der Waals surface area (Å²) in [5.41, 5.74) is 1.39. The van der Waals surface area contributed by atoms with Gasteiger partial charge in [0.15, 0.2) is 0 Å². The van der Waals surface area contributed by atoms with Crippen molar-refractivity contribution in [1.82, 2.24) is 14.7 Å². The maximum Gasteiger partial charge on any atom is 0.215 e. The van der Waals surface area contributed by atoms with Crippen molar-refractivity contribution in [2.24, 2.45) is 0 Å². The normalized spacial score (nSPS) is 26.8. The first-order valence-corrected chi connectivity index (χ1v) is 12.7. The molecule has 0 amide bonds. The molecule has 2 aromatic rings. The van der Waals surface area contributed by atoms with Crippen LogP contribution in [0.5, 0.6) is 5.88 Å². The number of sulfonamides is 1. The van der Waals surface area contributed by atoms with Crippen LogP contribution in [0, 0.1) is 0 Å². The predicted molar refractivity (Wildman–Crippen MR) is 119 cm³/mol. The maximum atomic E-state index is 11.9. The summed E-state index contributed by atoms with van der Waals surface area (Å²) in [5.74, 6) is 1.04. The second-order valence-electron chi connectivity index (χ2n) is 8.50. The van der Waals surface area contributed by atoms with Crippen LogP contribution in [0.4, 0.5) is 5.82 Å². The quantitative estimate of drug-likeness (QED) is 0.673. The van der Waals surface area contributed by atoms with E-state index >= 15 is 0 Å². The van der Waals surface area contributed by atoms with Crippen molar-refractivity contribution in [2.75, 3.05) is 24.3 Å². The van der Waals surface area contributed by atoms with Crippen molar-refractivity contribution in [3.8, 4) is 5.88 Å². The molecule has 8 nitrogen and oxygen atoms in total. The van der Waals surface area contributed by atoms with Crippen LogP contribution in [-0.4, -0.2) is 61.1 Å². The smallest absolute Gasteiger partial charge is 0.215 e. The SMILES string of the molecule is CS(=O)(=O)N[C@H]1CCN(c2cc(O)ncn2)[C@H]1COC1CCC(c2ccccc2)CC1. The van der Waals surface area contributed by atoms with Crippen molar-refractivity contribution in [2.45, 2.75) is 56.2 Å². The fourth-order valence-electron chi connectivity index (χ4n) is 4.77. The molecule has 4 rings (SSSR count). The molecule has 0 bridgehead atoms. The Kier molecular flexibility index (Phi) is 6.74.